The second-order valence-corrected chi connectivity index (χ2v) is 6.54. The molecule has 0 bridgehead atoms. The van der Waals surface area contributed by atoms with Crippen LogP contribution in [0, 0.1) is 19.7 Å². The highest BCUT2D eigenvalue weighted by Gasteiger charge is 2.15. The first kappa shape index (κ1) is 18.7. The van der Waals surface area contributed by atoms with Gasteiger partial charge in [-0.2, -0.15) is 0 Å². The van der Waals surface area contributed by atoms with Gasteiger partial charge in [0.25, 0.3) is 11.8 Å². The number of rotatable bonds is 4. The summed E-state index contributed by atoms with van der Waals surface area (Å²) in [7, 11) is 0. The van der Waals surface area contributed by atoms with Gasteiger partial charge in [0.2, 0.25) is 0 Å². The highest BCUT2D eigenvalue weighted by Crippen LogP contribution is 2.24. The van der Waals surface area contributed by atoms with Crippen LogP contribution in [0.25, 0.3) is 5.69 Å². The highest BCUT2D eigenvalue weighted by atomic mass is 35.5. The number of carbonyl (C=O) groups excluding carboxylic acids is 2. The smallest absolute Gasteiger partial charge is 0.257 e. The molecule has 0 saturated heterocycles. The summed E-state index contributed by atoms with van der Waals surface area (Å²) in [5, 5.41) is 2.89. The summed E-state index contributed by atoms with van der Waals surface area (Å²) in [6, 6.07) is 12.7. The number of halogens is 2. The van der Waals surface area contributed by atoms with E-state index in [1.54, 1.807) is 12.1 Å². The quantitative estimate of drug-likeness (QED) is 0.704. The van der Waals surface area contributed by atoms with Crippen molar-refractivity contribution < 1.29 is 14.0 Å². The molecule has 3 rings (SSSR count). The highest BCUT2D eigenvalue weighted by molar-refractivity contribution is 6.34. The largest absolute Gasteiger partial charge is 0.366 e. The van der Waals surface area contributed by atoms with Crippen LogP contribution in [0.3, 0.4) is 0 Å². The average Bonchev–Trinajstić information content (AvgIpc) is 2.95. The van der Waals surface area contributed by atoms with Crippen LogP contribution in [0.1, 0.15) is 32.1 Å². The maximum atomic E-state index is 13.6. The van der Waals surface area contributed by atoms with Crippen molar-refractivity contribution in [2.24, 2.45) is 5.73 Å². The molecule has 5 nitrogen and oxygen atoms in total. The molecule has 2 aromatic carbocycles. The third kappa shape index (κ3) is 3.71. The van der Waals surface area contributed by atoms with E-state index < -0.39 is 17.6 Å². The minimum atomic E-state index is -0.915. The lowest BCUT2D eigenvalue weighted by atomic mass is 10.1. The number of hydrogen-bond acceptors (Lipinski definition) is 2. The van der Waals surface area contributed by atoms with E-state index >= 15 is 0 Å². The molecule has 0 unspecified atom stereocenters. The lowest BCUT2D eigenvalue weighted by Crippen LogP contribution is -2.16. The van der Waals surface area contributed by atoms with Crippen LogP contribution in [0.2, 0.25) is 5.02 Å². The van der Waals surface area contributed by atoms with E-state index in [-0.39, 0.29) is 21.8 Å². The number of nitrogens with one attached hydrogen (secondary N) is 1. The Kier molecular flexibility index (Phi) is 5.01. The van der Waals surface area contributed by atoms with Gasteiger partial charge in [0.1, 0.15) is 5.82 Å². The van der Waals surface area contributed by atoms with E-state index in [1.165, 1.54) is 12.1 Å². The van der Waals surface area contributed by atoms with E-state index in [0.29, 0.717) is 0 Å². The zero-order valence-electron chi connectivity index (χ0n) is 14.7. The predicted octanol–water partition coefficient (Wildman–Crippen LogP) is 4.24. The van der Waals surface area contributed by atoms with Gasteiger partial charge in [-0.1, -0.05) is 11.6 Å². The first-order valence-electron chi connectivity index (χ1n) is 8.13. The Hall–Kier alpha value is -3.12. The first-order valence-corrected chi connectivity index (χ1v) is 8.51. The first-order chi connectivity index (χ1) is 12.8. The van der Waals surface area contributed by atoms with Gasteiger partial charge < -0.3 is 15.6 Å². The molecule has 27 heavy (non-hydrogen) atoms. The fourth-order valence-electron chi connectivity index (χ4n) is 2.89. The molecule has 2 amide bonds. The minimum absolute atomic E-state index is 0.241. The van der Waals surface area contributed by atoms with Crippen LogP contribution < -0.4 is 11.1 Å². The summed E-state index contributed by atoms with van der Waals surface area (Å²) in [5.74, 6) is -2.15. The van der Waals surface area contributed by atoms with Gasteiger partial charge in [-0.3, -0.25) is 9.59 Å². The summed E-state index contributed by atoms with van der Waals surface area (Å²) in [6.45, 7) is 3.93. The second kappa shape index (κ2) is 7.25. The molecule has 0 saturated carbocycles. The number of aromatic nitrogens is 1. The third-order valence-corrected chi connectivity index (χ3v) is 4.54. The molecule has 0 spiro atoms. The van der Waals surface area contributed by atoms with Crippen LogP contribution in [0.4, 0.5) is 10.1 Å². The van der Waals surface area contributed by atoms with Crippen molar-refractivity contribution in [2.45, 2.75) is 13.8 Å². The maximum absolute atomic E-state index is 13.6. The van der Waals surface area contributed by atoms with E-state index in [2.05, 4.69) is 5.32 Å². The Morgan fingerprint density at radius 1 is 1.00 bits per heavy atom. The third-order valence-electron chi connectivity index (χ3n) is 4.21. The molecular weight excluding hydrogens is 369 g/mol. The molecule has 1 aromatic heterocycles. The Labute approximate surface area is 160 Å². The van der Waals surface area contributed by atoms with Crippen LogP contribution in [-0.4, -0.2) is 16.4 Å². The van der Waals surface area contributed by atoms with Crippen molar-refractivity contribution in [1.82, 2.24) is 4.57 Å². The van der Waals surface area contributed by atoms with Crippen LogP contribution in [-0.2, 0) is 0 Å². The Morgan fingerprint density at radius 2 is 1.67 bits per heavy atom. The minimum Gasteiger partial charge on any atom is -0.366 e. The Bertz CT molecular complexity index is 1040. The monoisotopic (exact) mass is 385 g/mol. The van der Waals surface area contributed by atoms with Gasteiger partial charge in [0.15, 0.2) is 0 Å². The van der Waals surface area contributed by atoms with Crippen molar-refractivity contribution in [1.29, 1.82) is 0 Å². The van der Waals surface area contributed by atoms with Gasteiger partial charge in [-0.15, -0.1) is 0 Å². The molecule has 0 aliphatic heterocycles. The molecule has 0 aliphatic rings. The van der Waals surface area contributed by atoms with Crippen LogP contribution in [0.5, 0.6) is 0 Å². The summed E-state index contributed by atoms with van der Waals surface area (Å²) in [4.78, 5) is 23.9. The summed E-state index contributed by atoms with van der Waals surface area (Å²) in [5.41, 5.74) is 8.17. The average molecular weight is 386 g/mol. The van der Waals surface area contributed by atoms with Crippen molar-refractivity contribution in [3.8, 4) is 5.69 Å². The molecule has 1 heterocycles. The van der Waals surface area contributed by atoms with Crippen molar-refractivity contribution in [2.75, 3.05) is 5.32 Å². The van der Waals surface area contributed by atoms with Crippen molar-refractivity contribution in [3.63, 3.8) is 0 Å². The molecule has 7 heteroatoms. The zero-order chi connectivity index (χ0) is 19.7. The van der Waals surface area contributed by atoms with E-state index in [0.717, 1.165) is 23.1 Å². The van der Waals surface area contributed by atoms with Crippen LogP contribution >= 0.6 is 11.6 Å². The number of benzene rings is 2. The number of hydrogen-bond donors (Lipinski definition) is 2. The summed E-state index contributed by atoms with van der Waals surface area (Å²) < 4.78 is 15.6. The Morgan fingerprint density at radius 3 is 2.30 bits per heavy atom. The van der Waals surface area contributed by atoms with Crippen molar-refractivity contribution in [3.05, 3.63) is 81.9 Å². The van der Waals surface area contributed by atoms with Crippen molar-refractivity contribution >= 4 is 29.1 Å². The standard InChI is InChI=1S/C20H17ClFN3O2/c1-11-3-4-12(2)25(11)14-6-7-17(21)15(10-14)20(27)24-13-5-8-18(22)16(9-13)19(23)26/h3-10H,1-2H3,(H2,23,26)(H,24,27). The lowest BCUT2D eigenvalue weighted by Gasteiger charge is -2.13. The molecule has 0 fully saturated rings. The fraction of sp³-hybridized carbons (Fsp3) is 0.100. The number of aryl methyl sites for hydroxylation is 2. The normalized spacial score (nSPS) is 10.7. The zero-order valence-corrected chi connectivity index (χ0v) is 15.5. The number of primary amides is 1. The molecule has 138 valence electrons. The molecule has 3 N–H and O–H groups in total. The molecule has 0 aliphatic carbocycles. The van der Waals surface area contributed by atoms with Crippen LogP contribution in [0.15, 0.2) is 48.5 Å². The Balaban J connectivity index is 1.95. The van der Waals surface area contributed by atoms with Gasteiger partial charge >= 0.3 is 0 Å². The number of carbonyl (C=O) groups is 2. The van der Waals surface area contributed by atoms with E-state index in [4.69, 9.17) is 17.3 Å². The summed E-state index contributed by atoms with van der Waals surface area (Å²) >= 11 is 6.20. The topological polar surface area (TPSA) is 77.1 Å². The van der Waals surface area contributed by atoms with Gasteiger partial charge in [-0.05, 0) is 62.4 Å². The molecule has 3 aromatic rings. The molecular formula is C20H17ClFN3O2. The maximum Gasteiger partial charge on any atom is 0.257 e. The van der Waals surface area contributed by atoms with E-state index in [9.17, 15) is 14.0 Å². The number of nitrogens with zero attached hydrogens (tertiary/aromatic N) is 1. The molecule has 0 atom stereocenters. The fourth-order valence-corrected chi connectivity index (χ4v) is 3.10. The summed E-state index contributed by atoms with van der Waals surface area (Å²) in [6.07, 6.45) is 0. The van der Waals surface area contributed by atoms with Gasteiger partial charge in [0.05, 0.1) is 16.1 Å². The van der Waals surface area contributed by atoms with E-state index in [1.807, 2.05) is 36.6 Å². The predicted molar refractivity (Wildman–Crippen MR) is 103 cm³/mol. The second-order valence-electron chi connectivity index (χ2n) is 6.13. The SMILES string of the molecule is Cc1ccc(C)n1-c1ccc(Cl)c(C(=O)Nc2ccc(F)c(C(N)=O)c2)c1. The van der Waals surface area contributed by atoms with Gasteiger partial charge in [0, 0.05) is 22.8 Å². The number of nitrogens with two attached hydrogens (primary N) is 1. The van der Waals surface area contributed by atoms with Gasteiger partial charge in [-0.25, -0.2) is 4.39 Å². The number of anilines is 1. The number of amides is 2. The lowest BCUT2D eigenvalue weighted by molar-refractivity contribution is 0.0992. The molecule has 0 radical (unpaired) electrons.